The Kier molecular flexibility index (Phi) is 5.81. The van der Waals surface area contributed by atoms with Crippen molar-refractivity contribution in [2.45, 2.75) is 33.1 Å². The highest BCUT2D eigenvalue weighted by Gasteiger charge is 2.29. The third-order valence-electron chi connectivity index (χ3n) is 5.16. The van der Waals surface area contributed by atoms with Gasteiger partial charge in [0.2, 0.25) is 5.95 Å². The van der Waals surface area contributed by atoms with Crippen molar-refractivity contribution in [3.8, 4) is 22.7 Å². The number of benzene rings is 1. The zero-order chi connectivity index (χ0) is 22.7. The zero-order valence-electron chi connectivity index (χ0n) is 18.6. The molecule has 32 heavy (non-hydrogen) atoms. The average molecular weight is 431 g/mol. The molecular formula is C23H26N8O. The number of nitrogens with two attached hydrogens (primary N) is 1. The maximum absolute atomic E-state index is 5.57. The van der Waals surface area contributed by atoms with Gasteiger partial charge in [-0.1, -0.05) is 43.3 Å². The first kappa shape index (κ1) is 21.4. The van der Waals surface area contributed by atoms with Crippen LogP contribution >= 0.6 is 0 Å². The Balaban J connectivity index is 1.52. The lowest BCUT2D eigenvalue weighted by Gasteiger charge is -2.21. The molecule has 4 rings (SSSR count). The van der Waals surface area contributed by atoms with Crippen LogP contribution < -0.4 is 11.1 Å². The largest absolute Gasteiger partial charge is 0.369 e. The van der Waals surface area contributed by atoms with E-state index in [2.05, 4.69) is 49.2 Å². The van der Waals surface area contributed by atoms with Gasteiger partial charge in [-0.15, -0.1) is 0 Å². The Hall–Kier alpha value is -3.88. The normalized spacial score (nSPS) is 11.7. The minimum absolute atomic E-state index is 0.255. The molecule has 0 atom stereocenters. The number of rotatable bonds is 7. The highest BCUT2D eigenvalue weighted by atomic mass is 16.5. The van der Waals surface area contributed by atoms with Crippen molar-refractivity contribution in [3.05, 3.63) is 60.4 Å². The zero-order valence-corrected chi connectivity index (χ0v) is 18.6. The van der Waals surface area contributed by atoms with Gasteiger partial charge in [-0.3, -0.25) is 0 Å². The van der Waals surface area contributed by atoms with Gasteiger partial charge in [-0.05, 0) is 30.9 Å². The summed E-state index contributed by atoms with van der Waals surface area (Å²) in [7, 11) is 0. The summed E-state index contributed by atoms with van der Waals surface area (Å²) in [4.78, 5) is 21.5. The van der Waals surface area contributed by atoms with Crippen molar-refractivity contribution < 1.29 is 4.52 Å². The van der Waals surface area contributed by atoms with E-state index in [1.54, 1.807) is 24.8 Å². The first-order valence-corrected chi connectivity index (χ1v) is 10.4. The molecule has 1 aromatic carbocycles. The number of hydrogen-bond donors (Lipinski definition) is 2. The summed E-state index contributed by atoms with van der Waals surface area (Å²) >= 11 is 0. The molecule has 3 N–H and O–H groups in total. The second-order valence-corrected chi connectivity index (χ2v) is 8.52. The third-order valence-corrected chi connectivity index (χ3v) is 5.16. The number of hydrogen-bond acceptors (Lipinski definition) is 9. The molecule has 3 aromatic heterocycles. The molecule has 0 aliphatic rings. The van der Waals surface area contributed by atoms with E-state index in [-0.39, 0.29) is 5.95 Å². The van der Waals surface area contributed by atoms with Gasteiger partial charge in [0.05, 0.1) is 17.8 Å². The van der Waals surface area contributed by atoms with E-state index in [1.165, 1.54) is 0 Å². The van der Waals surface area contributed by atoms with Crippen LogP contribution in [0.5, 0.6) is 0 Å². The number of nitrogens with zero attached hydrogens (tertiary/aromatic N) is 6. The minimum Gasteiger partial charge on any atom is -0.369 e. The fourth-order valence-electron chi connectivity index (χ4n) is 3.12. The highest BCUT2D eigenvalue weighted by molar-refractivity contribution is 5.62. The molecule has 0 saturated carbocycles. The fourth-order valence-corrected chi connectivity index (χ4v) is 3.12. The van der Waals surface area contributed by atoms with Crippen LogP contribution in [-0.2, 0) is 5.41 Å². The molecule has 0 saturated heterocycles. The van der Waals surface area contributed by atoms with E-state index in [0.717, 1.165) is 23.2 Å². The number of aromatic nitrogens is 6. The predicted octanol–water partition coefficient (Wildman–Crippen LogP) is 3.96. The van der Waals surface area contributed by atoms with Crippen LogP contribution in [0.15, 0.2) is 53.6 Å². The Labute approximate surface area is 186 Å². The molecule has 0 aliphatic heterocycles. The highest BCUT2D eigenvalue weighted by Crippen LogP contribution is 2.32. The average Bonchev–Trinajstić information content (AvgIpc) is 3.30. The van der Waals surface area contributed by atoms with E-state index in [1.807, 2.05) is 38.1 Å². The second kappa shape index (κ2) is 8.70. The maximum Gasteiger partial charge on any atom is 0.278 e. The Bertz CT molecular complexity index is 1170. The molecule has 9 nitrogen and oxygen atoms in total. The molecule has 0 radical (unpaired) electrons. The quantitative estimate of drug-likeness (QED) is 0.447. The summed E-state index contributed by atoms with van der Waals surface area (Å²) in [5.74, 6) is 2.40. The first-order chi connectivity index (χ1) is 15.3. The van der Waals surface area contributed by atoms with E-state index < -0.39 is 5.41 Å². The molecule has 0 aliphatic carbocycles. The van der Waals surface area contributed by atoms with Crippen molar-refractivity contribution in [3.63, 3.8) is 0 Å². The molecule has 0 fully saturated rings. The molecule has 9 heteroatoms. The molecule has 4 aromatic rings. The lowest BCUT2D eigenvalue weighted by atomic mass is 9.83. The SMILES string of the molecule is CC(C)CNc1cnc(-c2nc(C(C)(C)c3ccc(-c4cnc(N)nc4)cc3)no2)cn1. The van der Waals surface area contributed by atoms with Gasteiger partial charge in [-0.25, -0.2) is 19.9 Å². The molecular weight excluding hydrogens is 404 g/mol. The summed E-state index contributed by atoms with van der Waals surface area (Å²) in [5.41, 5.74) is 8.58. The van der Waals surface area contributed by atoms with Crippen LogP contribution in [0, 0.1) is 5.92 Å². The van der Waals surface area contributed by atoms with Gasteiger partial charge in [0, 0.05) is 24.5 Å². The Morgan fingerprint density at radius 3 is 2.28 bits per heavy atom. The molecule has 3 heterocycles. The summed E-state index contributed by atoms with van der Waals surface area (Å²) in [6.07, 6.45) is 6.72. The van der Waals surface area contributed by atoms with Crippen LogP contribution in [0.4, 0.5) is 11.8 Å². The number of anilines is 2. The molecule has 0 amide bonds. The molecule has 0 unspecified atom stereocenters. The summed E-state index contributed by atoms with van der Waals surface area (Å²) < 4.78 is 5.49. The smallest absolute Gasteiger partial charge is 0.278 e. The van der Waals surface area contributed by atoms with E-state index >= 15 is 0 Å². The second-order valence-electron chi connectivity index (χ2n) is 8.52. The molecule has 0 bridgehead atoms. The van der Waals surface area contributed by atoms with Crippen LogP contribution in [0.2, 0.25) is 0 Å². The summed E-state index contributed by atoms with van der Waals surface area (Å²) in [6, 6.07) is 8.11. The monoisotopic (exact) mass is 430 g/mol. The molecule has 164 valence electrons. The van der Waals surface area contributed by atoms with Crippen LogP contribution in [-0.4, -0.2) is 36.6 Å². The van der Waals surface area contributed by atoms with E-state index in [4.69, 9.17) is 10.3 Å². The summed E-state index contributed by atoms with van der Waals surface area (Å²) in [6.45, 7) is 9.20. The van der Waals surface area contributed by atoms with E-state index in [0.29, 0.717) is 29.1 Å². The molecule has 0 spiro atoms. The third kappa shape index (κ3) is 4.56. The Morgan fingerprint density at radius 1 is 0.938 bits per heavy atom. The Morgan fingerprint density at radius 2 is 1.66 bits per heavy atom. The minimum atomic E-state index is -0.468. The van der Waals surface area contributed by atoms with Gasteiger partial charge in [0.1, 0.15) is 11.5 Å². The first-order valence-electron chi connectivity index (χ1n) is 10.4. The summed E-state index contributed by atoms with van der Waals surface area (Å²) in [5, 5.41) is 7.45. The van der Waals surface area contributed by atoms with Gasteiger partial charge < -0.3 is 15.6 Å². The fraction of sp³-hybridized carbons (Fsp3) is 0.304. The van der Waals surface area contributed by atoms with Gasteiger partial charge in [0.25, 0.3) is 5.89 Å². The topological polar surface area (TPSA) is 129 Å². The van der Waals surface area contributed by atoms with Gasteiger partial charge >= 0.3 is 0 Å². The predicted molar refractivity (Wildman–Crippen MR) is 123 cm³/mol. The van der Waals surface area contributed by atoms with Crippen molar-refractivity contribution in [1.82, 2.24) is 30.1 Å². The number of nitrogen functional groups attached to an aromatic ring is 1. The van der Waals surface area contributed by atoms with Crippen LogP contribution in [0.25, 0.3) is 22.7 Å². The number of nitrogens with one attached hydrogen (secondary N) is 1. The van der Waals surface area contributed by atoms with Crippen molar-refractivity contribution in [1.29, 1.82) is 0 Å². The van der Waals surface area contributed by atoms with E-state index in [9.17, 15) is 0 Å². The van der Waals surface area contributed by atoms with Crippen molar-refractivity contribution >= 4 is 11.8 Å². The van der Waals surface area contributed by atoms with Crippen LogP contribution in [0.3, 0.4) is 0 Å². The van der Waals surface area contributed by atoms with Gasteiger partial charge in [0.15, 0.2) is 5.82 Å². The van der Waals surface area contributed by atoms with Crippen molar-refractivity contribution in [2.24, 2.45) is 5.92 Å². The lowest BCUT2D eigenvalue weighted by Crippen LogP contribution is -2.20. The lowest BCUT2D eigenvalue weighted by molar-refractivity contribution is 0.407. The van der Waals surface area contributed by atoms with Crippen molar-refractivity contribution in [2.75, 3.05) is 17.6 Å². The van der Waals surface area contributed by atoms with Crippen LogP contribution in [0.1, 0.15) is 39.1 Å². The maximum atomic E-state index is 5.57. The standard InChI is InChI=1S/C23H26N8O/c1-14(2)9-26-19-13-25-18(12-27-19)20-30-21(31-32-20)23(3,4)17-7-5-15(6-8-17)16-10-28-22(24)29-11-16/h5-8,10-14H,9H2,1-4H3,(H,26,27)(H2,24,28,29). The van der Waals surface area contributed by atoms with Gasteiger partial charge in [-0.2, -0.15) is 4.98 Å².